The third kappa shape index (κ3) is 8.75. The lowest BCUT2D eigenvalue weighted by Gasteiger charge is -2.38. The van der Waals surface area contributed by atoms with Gasteiger partial charge in [-0.3, -0.25) is 28.8 Å². The molecule has 14 nitrogen and oxygen atoms in total. The van der Waals surface area contributed by atoms with Crippen LogP contribution >= 0.6 is 0 Å². The molecule has 0 aromatic carbocycles. The van der Waals surface area contributed by atoms with Crippen molar-refractivity contribution in [3.8, 4) is 0 Å². The summed E-state index contributed by atoms with van der Waals surface area (Å²) < 4.78 is 17.2. The Hall–Kier alpha value is -3.26. The second kappa shape index (κ2) is 15.6. The summed E-state index contributed by atoms with van der Waals surface area (Å²) in [7, 11) is 3.02. The molecule has 0 bridgehead atoms. The number of rotatable bonds is 5. The van der Waals surface area contributed by atoms with Crippen molar-refractivity contribution in [3.63, 3.8) is 0 Å². The molecule has 0 radical (unpaired) electrons. The number of esters is 1. The van der Waals surface area contributed by atoms with Gasteiger partial charge in [0.05, 0.1) is 19.1 Å². The van der Waals surface area contributed by atoms with Gasteiger partial charge >= 0.3 is 5.97 Å². The normalized spacial score (nSPS) is 31.6. The smallest absolute Gasteiger partial charge is 0.308 e. The van der Waals surface area contributed by atoms with Crippen LogP contribution in [0.25, 0.3) is 0 Å². The molecule has 3 aliphatic heterocycles. The number of amides is 5. The first-order valence-corrected chi connectivity index (χ1v) is 16.4. The molecule has 3 heterocycles. The quantitative estimate of drug-likeness (QED) is 0.410. The van der Waals surface area contributed by atoms with Crippen molar-refractivity contribution in [2.75, 3.05) is 33.8 Å². The summed E-state index contributed by atoms with van der Waals surface area (Å²) in [6.07, 6.45) is -0.513. The lowest BCUT2D eigenvalue weighted by Crippen LogP contribution is -2.60. The van der Waals surface area contributed by atoms with Crippen LogP contribution in [-0.2, 0) is 43.0 Å². The van der Waals surface area contributed by atoms with Crippen LogP contribution in [-0.4, -0.2) is 126 Å². The number of cyclic esters (lactones) is 1. The topological polar surface area (TPSA) is 164 Å². The van der Waals surface area contributed by atoms with Gasteiger partial charge in [0.15, 0.2) is 11.9 Å². The molecule has 7 atom stereocenters. The maximum atomic E-state index is 14.0. The number of likely N-dealkylation sites (N-methyl/N-ethyl adjacent to an activating group) is 2. The summed E-state index contributed by atoms with van der Waals surface area (Å²) in [6, 6.07) is -3.68. The van der Waals surface area contributed by atoms with Crippen molar-refractivity contribution in [1.82, 2.24) is 25.3 Å². The summed E-state index contributed by atoms with van der Waals surface area (Å²) in [5.74, 6) is -4.57. The Morgan fingerprint density at radius 2 is 1.63 bits per heavy atom. The zero-order valence-electron chi connectivity index (χ0n) is 28.8. The SMILES string of the molecule is CC[C@H](C)[C@@H]1NC(=O)[C@@H]2CCCN2C(=O)[C@@H](C[C@@H]2COC(C)(C)O2)OC(=O)CCNC(=O)[C@H](C)N(C)C(=O)C(C(C)C)N(C)C1=O. The Balaban J connectivity index is 1.99. The van der Waals surface area contributed by atoms with Gasteiger partial charge in [-0.15, -0.1) is 0 Å². The summed E-state index contributed by atoms with van der Waals surface area (Å²) in [5.41, 5.74) is 0. The molecule has 14 heteroatoms. The van der Waals surface area contributed by atoms with E-state index in [2.05, 4.69) is 10.6 Å². The van der Waals surface area contributed by atoms with Gasteiger partial charge in [0.1, 0.15) is 24.2 Å². The summed E-state index contributed by atoms with van der Waals surface area (Å²) in [4.78, 5) is 85.6. The van der Waals surface area contributed by atoms with Crippen LogP contribution in [0.15, 0.2) is 0 Å². The Labute approximate surface area is 272 Å². The van der Waals surface area contributed by atoms with E-state index in [0.717, 1.165) is 0 Å². The minimum atomic E-state index is -1.26. The monoisotopic (exact) mass is 651 g/mol. The number of nitrogens with zero attached hydrogens (tertiary/aromatic N) is 3. The highest BCUT2D eigenvalue weighted by molar-refractivity contribution is 5.96. The first-order valence-electron chi connectivity index (χ1n) is 16.4. The number of ether oxygens (including phenoxy) is 3. The minimum absolute atomic E-state index is 0.0184. The van der Waals surface area contributed by atoms with E-state index >= 15 is 0 Å². The molecule has 3 aliphatic rings. The fraction of sp³-hybridized carbons (Fsp3) is 0.812. The highest BCUT2D eigenvalue weighted by atomic mass is 16.7. The molecule has 0 spiro atoms. The number of carbonyl (C=O) groups excluding carboxylic acids is 6. The van der Waals surface area contributed by atoms with Crippen molar-refractivity contribution < 1.29 is 43.0 Å². The second-order valence-electron chi connectivity index (χ2n) is 13.5. The third-order valence-electron chi connectivity index (χ3n) is 9.29. The fourth-order valence-electron chi connectivity index (χ4n) is 6.22. The maximum Gasteiger partial charge on any atom is 0.308 e. The standard InChI is InChI=1S/C32H53N5O9/c1-10-19(4)25-30(42)36(9)26(18(2)3)31(43)35(8)20(5)27(39)33-14-13-24(38)45-23(16-21-17-44-32(6,7)46-21)29(41)37-15-11-12-22(37)28(40)34-25/h18-23,25-26H,10-17H2,1-9H3,(H,33,39)(H,34,40)/t19-,20-,21+,22-,23+,25-,26?/m0/s1. The van der Waals surface area contributed by atoms with Gasteiger partial charge in [-0.1, -0.05) is 34.1 Å². The maximum absolute atomic E-state index is 14.0. The molecule has 3 saturated heterocycles. The first-order chi connectivity index (χ1) is 21.5. The molecule has 0 aliphatic carbocycles. The number of hydrogen-bond donors (Lipinski definition) is 2. The van der Waals surface area contributed by atoms with Crippen molar-refractivity contribution in [2.24, 2.45) is 11.8 Å². The largest absolute Gasteiger partial charge is 0.452 e. The molecule has 0 aromatic rings. The van der Waals surface area contributed by atoms with Gasteiger partial charge in [0, 0.05) is 33.6 Å². The average molecular weight is 652 g/mol. The second-order valence-corrected chi connectivity index (χ2v) is 13.5. The van der Waals surface area contributed by atoms with Gasteiger partial charge in [0.2, 0.25) is 23.6 Å². The van der Waals surface area contributed by atoms with Crippen molar-refractivity contribution in [1.29, 1.82) is 0 Å². The van der Waals surface area contributed by atoms with Gasteiger partial charge in [-0.05, 0) is 45.4 Å². The molecule has 2 N–H and O–H groups in total. The minimum Gasteiger partial charge on any atom is -0.452 e. The average Bonchev–Trinajstić information content (AvgIpc) is 3.62. The Bertz CT molecular complexity index is 1160. The summed E-state index contributed by atoms with van der Waals surface area (Å²) in [5, 5.41) is 5.56. The highest BCUT2D eigenvalue weighted by Crippen LogP contribution is 2.28. The predicted octanol–water partition coefficient (Wildman–Crippen LogP) is 0.812. The van der Waals surface area contributed by atoms with E-state index in [1.165, 1.54) is 28.8 Å². The number of hydrogen-bond acceptors (Lipinski definition) is 9. The Morgan fingerprint density at radius 3 is 2.22 bits per heavy atom. The van der Waals surface area contributed by atoms with Crippen LogP contribution in [0.2, 0.25) is 0 Å². The Kier molecular flexibility index (Phi) is 12.6. The van der Waals surface area contributed by atoms with Crippen molar-refractivity contribution in [2.45, 2.75) is 123 Å². The Morgan fingerprint density at radius 1 is 0.957 bits per heavy atom. The summed E-state index contributed by atoms with van der Waals surface area (Å²) >= 11 is 0. The molecule has 5 amide bonds. The van der Waals surface area contributed by atoms with Crippen LogP contribution in [0.3, 0.4) is 0 Å². The van der Waals surface area contributed by atoms with E-state index in [0.29, 0.717) is 19.3 Å². The van der Waals surface area contributed by atoms with E-state index in [4.69, 9.17) is 14.2 Å². The van der Waals surface area contributed by atoms with Crippen LogP contribution in [0, 0.1) is 11.8 Å². The van der Waals surface area contributed by atoms with E-state index in [1.54, 1.807) is 20.8 Å². The number of nitrogens with one attached hydrogen (secondary N) is 2. The summed E-state index contributed by atoms with van der Waals surface area (Å²) in [6.45, 7) is 12.8. The van der Waals surface area contributed by atoms with Gasteiger partial charge in [0.25, 0.3) is 5.91 Å². The van der Waals surface area contributed by atoms with Gasteiger partial charge < -0.3 is 39.5 Å². The molecule has 260 valence electrons. The zero-order chi connectivity index (χ0) is 34.5. The van der Waals surface area contributed by atoms with Crippen LogP contribution in [0.5, 0.6) is 0 Å². The molecule has 1 unspecified atom stereocenters. The van der Waals surface area contributed by atoms with E-state index < -0.39 is 77.7 Å². The van der Waals surface area contributed by atoms with Gasteiger partial charge in [-0.25, -0.2) is 0 Å². The predicted molar refractivity (Wildman–Crippen MR) is 167 cm³/mol. The van der Waals surface area contributed by atoms with E-state index in [-0.39, 0.29) is 44.4 Å². The molecular formula is C32H53N5O9. The molecule has 3 rings (SSSR count). The molecular weight excluding hydrogens is 598 g/mol. The van der Waals surface area contributed by atoms with Crippen molar-refractivity contribution >= 4 is 35.5 Å². The molecule has 0 saturated carbocycles. The van der Waals surface area contributed by atoms with Crippen LogP contribution in [0.4, 0.5) is 0 Å². The van der Waals surface area contributed by atoms with Crippen molar-refractivity contribution in [3.05, 3.63) is 0 Å². The molecule has 3 fully saturated rings. The van der Waals surface area contributed by atoms with E-state index in [9.17, 15) is 28.8 Å². The third-order valence-corrected chi connectivity index (χ3v) is 9.29. The fourth-order valence-corrected chi connectivity index (χ4v) is 6.22. The van der Waals surface area contributed by atoms with E-state index in [1.807, 2.05) is 27.7 Å². The highest BCUT2D eigenvalue weighted by Gasteiger charge is 2.44. The van der Waals surface area contributed by atoms with Gasteiger partial charge in [-0.2, -0.15) is 0 Å². The molecule has 0 aromatic heterocycles. The van der Waals surface area contributed by atoms with Crippen LogP contribution in [0.1, 0.15) is 80.6 Å². The van der Waals surface area contributed by atoms with Crippen LogP contribution < -0.4 is 10.6 Å². The lowest BCUT2D eigenvalue weighted by atomic mass is 9.94. The molecule has 46 heavy (non-hydrogen) atoms. The lowest BCUT2D eigenvalue weighted by molar-refractivity contribution is -0.166. The number of carbonyl (C=O) groups is 6. The number of fused-ring (bicyclic) bond motifs is 1. The first kappa shape index (κ1) is 37.2. The zero-order valence-corrected chi connectivity index (χ0v) is 28.8.